The SMILES string of the molecule is CC[C@@]1(O)C(=O)CCc2c1cc1n(c2=O)Cc2cc3c(CN4CCN(C)CC4)c(OC(=O)CCCCCCCC(=O)CO)ccc3nc2-1. The van der Waals surface area contributed by atoms with Gasteiger partial charge in [-0.3, -0.25) is 24.1 Å². The van der Waals surface area contributed by atoms with Crippen LogP contribution in [0.15, 0.2) is 29.1 Å². The summed E-state index contributed by atoms with van der Waals surface area (Å²) in [6.07, 6.45) is 5.44. The molecular formula is C37H46N4O7. The highest BCUT2D eigenvalue weighted by molar-refractivity contribution is 5.92. The number of piperazine rings is 1. The molecule has 11 nitrogen and oxygen atoms in total. The number of Topliss-reactive ketones (excluding diaryl/α,β-unsaturated/α-hetero) is 2. The molecule has 4 heterocycles. The van der Waals surface area contributed by atoms with Crippen molar-refractivity contribution in [2.75, 3.05) is 39.8 Å². The minimum Gasteiger partial charge on any atom is -0.426 e. The first-order valence-electron chi connectivity index (χ1n) is 17.4. The van der Waals surface area contributed by atoms with E-state index in [9.17, 15) is 24.3 Å². The van der Waals surface area contributed by atoms with Gasteiger partial charge in [-0.2, -0.15) is 0 Å². The van der Waals surface area contributed by atoms with Gasteiger partial charge in [0, 0.05) is 79.6 Å². The Balaban J connectivity index is 1.27. The van der Waals surface area contributed by atoms with E-state index in [0.29, 0.717) is 67.0 Å². The minimum atomic E-state index is -1.67. The number of aliphatic hydroxyl groups excluding tert-OH is 1. The van der Waals surface area contributed by atoms with Gasteiger partial charge in [-0.15, -0.1) is 0 Å². The Morgan fingerprint density at radius 2 is 1.71 bits per heavy atom. The number of esters is 1. The topological polar surface area (TPSA) is 142 Å². The van der Waals surface area contributed by atoms with Gasteiger partial charge < -0.3 is 24.4 Å². The molecule has 1 aliphatic carbocycles. The van der Waals surface area contributed by atoms with Crippen molar-refractivity contribution in [2.45, 2.75) is 89.8 Å². The molecule has 1 atom stereocenters. The van der Waals surface area contributed by atoms with Crippen LogP contribution in [0.25, 0.3) is 22.3 Å². The number of nitrogens with zero attached hydrogens (tertiary/aromatic N) is 4. The van der Waals surface area contributed by atoms with Crippen LogP contribution in [0, 0.1) is 0 Å². The third-order valence-electron chi connectivity index (χ3n) is 10.4. The minimum absolute atomic E-state index is 0.138. The Labute approximate surface area is 280 Å². The van der Waals surface area contributed by atoms with Crippen LogP contribution < -0.4 is 10.3 Å². The second-order valence-electron chi connectivity index (χ2n) is 13.6. The van der Waals surface area contributed by atoms with Gasteiger partial charge in [0.05, 0.1) is 23.4 Å². The lowest BCUT2D eigenvalue weighted by Gasteiger charge is -2.33. The number of unbranched alkanes of at least 4 members (excludes halogenated alkanes) is 4. The maximum atomic E-state index is 13.7. The number of benzene rings is 1. The molecule has 2 aromatic heterocycles. The molecule has 0 radical (unpaired) electrons. The predicted octanol–water partition coefficient (Wildman–Crippen LogP) is 3.48. The van der Waals surface area contributed by atoms with E-state index in [1.165, 1.54) is 0 Å². The van der Waals surface area contributed by atoms with Gasteiger partial charge in [0.1, 0.15) is 18.0 Å². The van der Waals surface area contributed by atoms with E-state index < -0.39 is 12.2 Å². The van der Waals surface area contributed by atoms with Crippen LogP contribution >= 0.6 is 0 Å². The second-order valence-corrected chi connectivity index (χ2v) is 13.6. The zero-order valence-electron chi connectivity index (χ0n) is 28.1. The predicted molar refractivity (Wildman–Crippen MR) is 181 cm³/mol. The van der Waals surface area contributed by atoms with Crippen LogP contribution in [0.2, 0.25) is 0 Å². The van der Waals surface area contributed by atoms with E-state index in [0.717, 1.165) is 73.9 Å². The lowest BCUT2D eigenvalue weighted by molar-refractivity contribution is -0.140. The normalized spacial score (nSPS) is 19.3. The summed E-state index contributed by atoms with van der Waals surface area (Å²) < 4.78 is 7.71. The van der Waals surface area contributed by atoms with Crippen molar-refractivity contribution in [1.29, 1.82) is 0 Å². The van der Waals surface area contributed by atoms with Gasteiger partial charge in [0.2, 0.25) is 0 Å². The summed E-state index contributed by atoms with van der Waals surface area (Å²) >= 11 is 0. The van der Waals surface area contributed by atoms with E-state index >= 15 is 0 Å². The molecule has 0 unspecified atom stereocenters. The fourth-order valence-electron chi connectivity index (χ4n) is 7.34. The van der Waals surface area contributed by atoms with E-state index in [1.54, 1.807) is 17.6 Å². The monoisotopic (exact) mass is 658 g/mol. The third kappa shape index (κ3) is 6.74. The van der Waals surface area contributed by atoms with Gasteiger partial charge in [-0.05, 0) is 57.0 Å². The molecule has 11 heteroatoms. The maximum absolute atomic E-state index is 13.7. The third-order valence-corrected chi connectivity index (χ3v) is 10.4. The van der Waals surface area contributed by atoms with Crippen LogP contribution in [0.3, 0.4) is 0 Å². The number of fused-ring (bicyclic) bond motifs is 5. The number of hydrogen-bond donors (Lipinski definition) is 2. The van der Waals surface area contributed by atoms with Crippen molar-refractivity contribution in [2.24, 2.45) is 0 Å². The number of carbonyl (C=O) groups excluding carboxylic acids is 3. The molecule has 0 bridgehead atoms. The largest absolute Gasteiger partial charge is 0.426 e. The number of ether oxygens (including phenoxy) is 1. The summed E-state index contributed by atoms with van der Waals surface area (Å²) in [5.41, 5.74) is 2.80. The lowest BCUT2D eigenvalue weighted by Crippen LogP contribution is -2.44. The number of aromatic nitrogens is 2. The fourth-order valence-corrected chi connectivity index (χ4v) is 7.34. The first-order valence-corrected chi connectivity index (χ1v) is 17.4. The van der Waals surface area contributed by atoms with E-state index in [-0.39, 0.29) is 35.9 Å². The van der Waals surface area contributed by atoms with E-state index in [1.807, 2.05) is 12.1 Å². The quantitative estimate of drug-likeness (QED) is 0.125. The molecule has 0 saturated carbocycles. The Bertz CT molecular complexity index is 1790. The maximum Gasteiger partial charge on any atom is 0.311 e. The van der Waals surface area contributed by atoms with Crippen molar-refractivity contribution in [3.05, 3.63) is 56.9 Å². The number of likely N-dealkylation sites (N-methyl/N-ethyl adjacent to an activating group) is 1. The molecule has 1 fully saturated rings. The summed E-state index contributed by atoms with van der Waals surface area (Å²) in [5, 5.41) is 21.1. The molecule has 3 aliphatic rings. The summed E-state index contributed by atoms with van der Waals surface area (Å²) in [6.45, 7) is 5.93. The van der Waals surface area contributed by atoms with Crippen molar-refractivity contribution in [3.8, 4) is 17.1 Å². The summed E-state index contributed by atoms with van der Waals surface area (Å²) in [6, 6.07) is 7.51. The summed E-state index contributed by atoms with van der Waals surface area (Å²) in [7, 11) is 2.11. The molecule has 0 amide bonds. The second kappa shape index (κ2) is 14.4. The molecule has 48 heavy (non-hydrogen) atoms. The lowest BCUT2D eigenvalue weighted by atomic mass is 9.77. The van der Waals surface area contributed by atoms with Gasteiger partial charge in [0.15, 0.2) is 11.6 Å². The molecule has 6 rings (SSSR count). The highest BCUT2D eigenvalue weighted by Crippen LogP contribution is 2.40. The standard InChI is InChI=1S/C37H46N4O7/c1-3-37(47)29-20-31-35-24(21-41(31)36(46)26(29)11-14-33(37)44)19-27-28(22-40-17-15-39(2)16-18-40)32(13-12-30(27)38-35)48-34(45)10-8-6-4-5-7-9-25(43)23-42/h12-13,19-20,42,47H,3-11,14-18,21-23H2,1-2H3/t37-/m0/s1. The van der Waals surface area contributed by atoms with Crippen LogP contribution in [0.4, 0.5) is 0 Å². The van der Waals surface area contributed by atoms with Crippen molar-refractivity contribution in [1.82, 2.24) is 19.4 Å². The molecule has 2 aliphatic heterocycles. The van der Waals surface area contributed by atoms with Crippen molar-refractivity contribution >= 4 is 28.4 Å². The van der Waals surface area contributed by atoms with Crippen LogP contribution in [0.5, 0.6) is 5.75 Å². The molecular weight excluding hydrogens is 612 g/mol. The molecule has 3 aromatic rings. The van der Waals surface area contributed by atoms with E-state index in [2.05, 4.69) is 22.9 Å². The number of ketones is 2. The van der Waals surface area contributed by atoms with Crippen LogP contribution in [-0.2, 0) is 39.5 Å². The number of rotatable bonds is 13. The van der Waals surface area contributed by atoms with Crippen molar-refractivity contribution < 1.29 is 29.3 Å². The fraction of sp³-hybridized carbons (Fsp3) is 0.541. The highest BCUT2D eigenvalue weighted by atomic mass is 16.5. The Kier molecular flexibility index (Phi) is 10.2. The first kappa shape index (κ1) is 34.1. The molecule has 1 aromatic carbocycles. The Morgan fingerprint density at radius 3 is 2.44 bits per heavy atom. The highest BCUT2D eigenvalue weighted by Gasteiger charge is 2.43. The molecule has 1 saturated heterocycles. The van der Waals surface area contributed by atoms with Crippen LogP contribution in [-0.4, -0.2) is 86.9 Å². The van der Waals surface area contributed by atoms with E-state index in [4.69, 9.17) is 14.8 Å². The number of carbonyl (C=O) groups is 3. The summed E-state index contributed by atoms with van der Waals surface area (Å²) in [5.74, 6) is -0.165. The first-order chi connectivity index (χ1) is 23.1. The summed E-state index contributed by atoms with van der Waals surface area (Å²) in [4.78, 5) is 60.5. The average Bonchev–Trinajstić information content (AvgIpc) is 3.45. The number of aliphatic hydroxyl groups is 2. The molecule has 0 spiro atoms. The van der Waals surface area contributed by atoms with Gasteiger partial charge >= 0.3 is 5.97 Å². The van der Waals surface area contributed by atoms with Crippen LogP contribution in [0.1, 0.15) is 87.0 Å². The molecule has 2 N–H and O–H groups in total. The zero-order chi connectivity index (χ0) is 34.0. The average molecular weight is 659 g/mol. The Morgan fingerprint density at radius 1 is 0.979 bits per heavy atom. The van der Waals surface area contributed by atoms with Gasteiger partial charge in [0.25, 0.3) is 5.56 Å². The number of hydrogen-bond acceptors (Lipinski definition) is 10. The smallest absolute Gasteiger partial charge is 0.311 e. The zero-order valence-corrected chi connectivity index (χ0v) is 28.1. The van der Waals surface area contributed by atoms with Crippen molar-refractivity contribution in [3.63, 3.8) is 0 Å². The Hall–Kier alpha value is -3.77. The van der Waals surface area contributed by atoms with Gasteiger partial charge in [-0.1, -0.05) is 26.2 Å². The van der Waals surface area contributed by atoms with Gasteiger partial charge in [-0.25, -0.2) is 4.98 Å². The number of pyridine rings is 2. The molecule has 256 valence electrons.